The minimum atomic E-state index is -0.315. The largest absolute Gasteiger partial charge is 0.390 e. The Morgan fingerprint density at radius 1 is 1.21 bits per heavy atom. The highest BCUT2D eigenvalue weighted by atomic mass is 16.3. The van der Waals surface area contributed by atoms with Gasteiger partial charge in [0.25, 0.3) is 0 Å². The van der Waals surface area contributed by atoms with Crippen molar-refractivity contribution in [2.45, 2.75) is 70.8 Å². The van der Waals surface area contributed by atoms with E-state index in [2.05, 4.69) is 13.8 Å². The van der Waals surface area contributed by atoms with E-state index in [1.807, 2.05) is 0 Å². The Bertz CT molecular complexity index is 205. The summed E-state index contributed by atoms with van der Waals surface area (Å²) in [4.78, 5) is 0. The smallest absolute Gasteiger partial charge is 0.0653 e. The van der Waals surface area contributed by atoms with E-state index in [4.69, 9.17) is 0 Å². The van der Waals surface area contributed by atoms with Crippen LogP contribution in [0.15, 0.2) is 0 Å². The second-order valence-electron chi connectivity index (χ2n) is 6.40. The van der Waals surface area contributed by atoms with Gasteiger partial charge in [-0.1, -0.05) is 33.1 Å². The molecule has 0 aromatic heterocycles. The summed E-state index contributed by atoms with van der Waals surface area (Å²) < 4.78 is 0. The molecular weight excluding hydrogens is 172 g/mol. The SMILES string of the molecule is CC1(C)CCCC(O)(CCC2CC2)C1. The molecule has 1 unspecified atom stereocenters. The third-order valence-electron chi connectivity index (χ3n) is 4.02. The number of hydrogen-bond donors (Lipinski definition) is 1. The molecule has 0 radical (unpaired) electrons. The van der Waals surface area contributed by atoms with E-state index in [-0.39, 0.29) is 5.60 Å². The van der Waals surface area contributed by atoms with Crippen LogP contribution in [0.1, 0.15) is 65.2 Å². The van der Waals surface area contributed by atoms with Gasteiger partial charge < -0.3 is 5.11 Å². The Hall–Kier alpha value is -0.0400. The van der Waals surface area contributed by atoms with Crippen molar-refractivity contribution in [3.8, 4) is 0 Å². The van der Waals surface area contributed by atoms with Gasteiger partial charge in [-0.3, -0.25) is 0 Å². The van der Waals surface area contributed by atoms with Crippen molar-refractivity contribution in [2.75, 3.05) is 0 Å². The number of hydrogen-bond acceptors (Lipinski definition) is 1. The first kappa shape index (κ1) is 10.5. The molecule has 1 nitrogen and oxygen atoms in total. The molecule has 2 aliphatic carbocycles. The molecule has 2 rings (SSSR count). The summed E-state index contributed by atoms with van der Waals surface area (Å²) in [7, 11) is 0. The maximum atomic E-state index is 10.5. The van der Waals surface area contributed by atoms with Gasteiger partial charge in [-0.15, -0.1) is 0 Å². The molecule has 1 atom stereocenters. The number of rotatable bonds is 3. The molecular formula is C13H24O. The van der Waals surface area contributed by atoms with Crippen LogP contribution in [0, 0.1) is 11.3 Å². The highest BCUT2D eigenvalue weighted by Crippen LogP contribution is 2.45. The second kappa shape index (κ2) is 3.52. The highest BCUT2D eigenvalue weighted by molar-refractivity contribution is 4.91. The monoisotopic (exact) mass is 196 g/mol. The van der Waals surface area contributed by atoms with E-state index in [0.29, 0.717) is 5.41 Å². The summed E-state index contributed by atoms with van der Waals surface area (Å²) in [5.41, 5.74) is 0.0564. The molecule has 2 saturated carbocycles. The van der Waals surface area contributed by atoms with Crippen molar-refractivity contribution < 1.29 is 5.11 Å². The minimum Gasteiger partial charge on any atom is -0.390 e. The van der Waals surface area contributed by atoms with Gasteiger partial charge in [-0.2, -0.15) is 0 Å². The zero-order valence-electron chi connectivity index (χ0n) is 9.68. The lowest BCUT2D eigenvalue weighted by Crippen LogP contribution is -2.38. The van der Waals surface area contributed by atoms with E-state index >= 15 is 0 Å². The van der Waals surface area contributed by atoms with Crippen LogP contribution in [-0.2, 0) is 0 Å². The summed E-state index contributed by atoms with van der Waals surface area (Å²) in [6, 6.07) is 0. The van der Waals surface area contributed by atoms with Crippen LogP contribution in [0.2, 0.25) is 0 Å². The zero-order chi connectivity index (χ0) is 10.2. The molecule has 0 bridgehead atoms. The van der Waals surface area contributed by atoms with Gasteiger partial charge in [-0.25, -0.2) is 0 Å². The van der Waals surface area contributed by atoms with Crippen LogP contribution < -0.4 is 0 Å². The minimum absolute atomic E-state index is 0.315. The molecule has 2 aliphatic rings. The van der Waals surface area contributed by atoms with Gasteiger partial charge in [0.05, 0.1) is 5.60 Å². The van der Waals surface area contributed by atoms with Crippen LogP contribution in [0.25, 0.3) is 0 Å². The third-order valence-corrected chi connectivity index (χ3v) is 4.02. The van der Waals surface area contributed by atoms with Crippen LogP contribution in [0.5, 0.6) is 0 Å². The fourth-order valence-corrected chi connectivity index (χ4v) is 3.06. The van der Waals surface area contributed by atoms with Gasteiger partial charge in [0.15, 0.2) is 0 Å². The van der Waals surface area contributed by atoms with Crippen molar-refractivity contribution in [3.05, 3.63) is 0 Å². The highest BCUT2D eigenvalue weighted by Gasteiger charge is 2.39. The average molecular weight is 196 g/mol. The fourth-order valence-electron chi connectivity index (χ4n) is 3.06. The van der Waals surface area contributed by atoms with Crippen molar-refractivity contribution >= 4 is 0 Å². The Kier molecular flexibility index (Phi) is 2.63. The molecule has 14 heavy (non-hydrogen) atoms. The van der Waals surface area contributed by atoms with Crippen molar-refractivity contribution in [3.63, 3.8) is 0 Å². The first-order valence-electron chi connectivity index (χ1n) is 6.22. The molecule has 82 valence electrons. The van der Waals surface area contributed by atoms with E-state index in [0.717, 1.165) is 25.2 Å². The third kappa shape index (κ3) is 2.73. The summed E-state index contributed by atoms with van der Waals surface area (Å²) in [5, 5.41) is 10.5. The lowest BCUT2D eigenvalue weighted by molar-refractivity contribution is -0.0471. The molecule has 2 fully saturated rings. The van der Waals surface area contributed by atoms with E-state index in [9.17, 15) is 5.11 Å². The van der Waals surface area contributed by atoms with Gasteiger partial charge in [-0.05, 0) is 43.4 Å². The quantitative estimate of drug-likeness (QED) is 0.732. The van der Waals surface area contributed by atoms with Gasteiger partial charge in [0, 0.05) is 0 Å². The standard InChI is InChI=1S/C13H24O/c1-12(2)7-3-8-13(14,10-12)9-6-11-4-5-11/h11,14H,3-10H2,1-2H3. The normalized spacial score (nSPS) is 37.1. The molecule has 0 amide bonds. The number of aliphatic hydroxyl groups is 1. The molecule has 1 heteroatoms. The molecule has 0 saturated heterocycles. The van der Waals surface area contributed by atoms with Crippen molar-refractivity contribution in [1.82, 2.24) is 0 Å². The topological polar surface area (TPSA) is 20.2 Å². The summed E-state index contributed by atoms with van der Waals surface area (Å²) in [6.07, 6.45) is 9.73. The molecule has 0 aliphatic heterocycles. The van der Waals surface area contributed by atoms with E-state index < -0.39 is 0 Å². The maximum Gasteiger partial charge on any atom is 0.0653 e. The van der Waals surface area contributed by atoms with Crippen molar-refractivity contribution in [1.29, 1.82) is 0 Å². The Morgan fingerprint density at radius 3 is 2.50 bits per heavy atom. The summed E-state index contributed by atoms with van der Waals surface area (Å²) >= 11 is 0. The molecule has 0 aromatic rings. The summed E-state index contributed by atoms with van der Waals surface area (Å²) in [6.45, 7) is 4.60. The Labute approximate surface area is 87.9 Å². The van der Waals surface area contributed by atoms with Gasteiger partial charge in [0.2, 0.25) is 0 Å². The molecule has 0 heterocycles. The first-order valence-corrected chi connectivity index (χ1v) is 6.22. The maximum absolute atomic E-state index is 10.5. The zero-order valence-corrected chi connectivity index (χ0v) is 9.68. The Morgan fingerprint density at radius 2 is 1.93 bits per heavy atom. The lowest BCUT2D eigenvalue weighted by Gasteiger charge is -2.41. The molecule has 0 aromatic carbocycles. The van der Waals surface area contributed by atoms with Gasteiger partial charge in [0.1, 0.15) is 0 Å². The predicted octanol–water partition coefficient (Wildman–Crippen LogP) is 3.51. The predicted molar refractivity (Wildman–Crippen MR) is 59.2 cm³/mol. The van der Waals surface area contributed by atoms with E-state index in [1.165, 1.54) is 32.1 Å². The molecule has 0 spiro atoms. The summed E-state index contributed by atoms with van der Waals surface area (Å²) in [5.74, 6) is 0.962. The lowest BCUT2D eigenvalue weighted by atomic mass is 9.68. The van der Waals surface area contributed by atoms with Crippen LogP contribution in [0.3, 0.4) is 0 Å². The van der Waals surface area contributed by atoms with Crippen LogP contribution >= 0.6 is 0 Å². The second-order valence-corrected chi connectivity index (χ2v) is 6.40. The van der Waals surface area contributed by atoms with Gasteiger partial charge >= 0.3 is 0 Å². The fraction of sp³-hybridized carbons (Fsp3) is 1.00. The molecule has 1 N–H and O–H groups in total. The first-order chi connectivity index (χ1) is 6.49. The van der Waals surface area contributed by atoms with Crippen LogP contribution in [-0.4, -0.2) is 10.7 Å². The van der Waals surface area contributed by atoms with Crippen LogP contribution in [0.4, 0.5) is 0 Å². The average Bonchev–Trinajstić information content (AvgIpc) is 2.81. The van der Waals surface area contributed by atoms with E-state index in [1.54, 1.807) is 0 Å². The Balaban J connectivity index is 1.85. The van der Waals surface area contributed by atoms with Crippen molar-refractivity contribution in [2.24, 2.45) is 11.3 Å².